The van der Waals surface area contributed by atoms with Crippen molar-refractivity contribution in [3.63, 3.8) is 0 Å². The normalized spacial score (nSPS) is 15.0. The Morgan fingerprint density at radius 3 is 2.70 bits per heavy atom. The number of hydrogen-bond acceptors (Lipinski definition) is 4. The first kappa shape index (κ1) is 15.0. The monoisotopic (exact) mass is 341 g/mol. The number of carbonyl (C=O) groups excluding carboxylic acids is 2. The van der Waals surface area contributed by atoms with Crippen LogP contribution in [0.3, 0.4) is 0 Å². The maximum absolute atomic E-state index is 12.0. The van der Waals surface area contributed by atoms with Crippen molar-refractivity contribution in [2.45, 2.75) is 6.92 Å². The molecule has 1 heterocycles. The quantitative estimate of drug-likeness (QED) is 0.784. The van der Waals surface area contributed by atoms with Gasteiger partial charge in [-0.1, -0.05) is 15.9 Å². The molecule has 1 fully saturated rings. The molecule has 20 heavy (non-hydrogen) atoms. The molecule has 0 radical (unpaired) electrons. The smallest absolute Gasteiger partial charge is 0.260 e. The van der Waals surface area contributed by atoms with Crippen LogP contribution in [0.2, 0.25) is 0 Å². The van der Waals surface area contributed by atoms with E-state index in [9.17, 15) is 9.59 Å². The van der Waals surface area contributed by atoms with Gasteiger partial charge in [-0.15, -0.1) is 0 Å². The Morgan fingerprint density at radius 1 is 1.35 bits per heavy atom. The summed E-state index contributed by atoms with van der Waals surface area (Å²) in [4.78, 5) is 25.2. The molecule has 1 saturated heterocycles. The lowest BCUT2D eigenvalue weighted by Crippen LogP contribution is -2.43. The van der Waals surface area contributed by atoms with Gasteiger partial charge in [-0.3, -0.25) is 9.59 Å². The maximum atomic E-state index is 12.0. The van der Waals surface area contributed by atoms with Gasteiger partial charge in [-0.05, 0) is 25.1 Å². The fraction of sp³-hybridized carbons (Fsp3) is 0.429. The zero-order valence-electron chi connectivity index (χ0n) is 11.2. The van der Waals surface area contributed by atoms with Gasteiger partial charge in [0.2, 0.25) is 0 Å². The average Bonchev–Trinajstić information content (AvgIpc) is 2.46. The van der Waals surface area contributed by atoms with Gasteiger partial charge in [0.25, 0.3) is 5.91 Å². The zero-order valence-corrected chi connectivity index (χ0v) is 12.8. The number of carbonyl (C=O) groups is 2. The van der Waals surface area contributed by atoms with Crippen molar-refractivity contribution in [2.24, 2.45) is 0 Å². The number of benzene rings is 1. The molecule has 108 valence electrons. The zero-order chi connectivity index (χ0) is 14.5. The first-order valence-electron chi connectivity index (χ1n) is 6.37. The Bertz CT molecular complexity index is 512. The molecule has 0 aliphatic carbocycles. The van der Waals surface area contributed by atoms with Crippen molar-refractivity contribution in [1.29, 1.82) is 0 Å². The Balaban J connectivity index is 1.99. The van der Waals surface area contributed by atoms with Gasteiger partial charge in [0.1, 0.15) is 5.75 Å². The summed E-state index contributed by atoms with van der Waals surface area (Å²) in [7, 11) is 0. The van der Waals surface area contributed by atoms with Crippen molar-refractivity contribution in [2.75, 3.05) is 32.9 Å². The second-order valence-corrected chi connectivity index (χ2v) is 5.39. The van der Waals surface area contributed by atoms with Crippen LogP contribution in [0, 0.1) is 0 Å². The number of ether oxygens (including phenoxy) is 2. The molecule has 0 unspecified atom stereocenters. The summed E-state index contributed by atoms with van der Waals surface area (Å²) in [5.74, 6) is 0.244. The van der Waals surface area contributed by atoms with Crippen molar-refractivity contribution in [1.82, 2.24) is 4.90 Å². The van der Waals surface area contributed by atoms with Crippen molar-refractivity contribution >= 4 is 27.6 Å². The Kier molecular flexibility index (Phi) is 5.14. The Labute approximate surface area is 126 Å². The van der Waals surface area contributed by atoms with Gasteiger partial charge in [-0.2, -0.15) is 0 Å². The van der Waals surface area contributed by atoms with E-state index in [1.807, 2.05) is 0 Å². The fourth-order valence-electron chi connectivity index (χ4n) is 1.95. The summed E-state index contributed by atoms with van der Waals surface area (Å²) in [6, 6.07) is 5.16. The first-order chi connectivity index (χ1) is 9.58. The van der Waals surface area contributed by atoms with E-state index in [0.717, 1.165) is 4.47 Å². The van der Waals surface area contributed by atoms with Crippen LogP contribution in [0.4, 0.5) is 0 Å². The number of hydrogen-bond donors (Lipinski definition) is 0. The van der Waals surface area contributed by atoms with Gasteiger partial charge in [0.05, 0.1) is 18.8 Å². The van der Waals surface area contributed by atoms with Crippen LogP contribution in [0.1, 0.15) is 17.3 Å². The molecule has 6 heteroatoms. The number of morpholine rings is 1. The van der Waals surface area contributed by atoms with Gasteiger partial charge >= 0.3 is 0 Å². The van der Waals surface area contributed by atoms with Crippen LogP contribution in [0.25, 0.3) is 0 Å². The van der Waals surface area contributed by atoms with Gasteiger partial charge < -0.3 is 14.4 Å². The van der Waals surface area contributed by atoms with Crippen molar-refractivity contribution in [3.8, 4) is 5.75 Å². The molecular formula is C14H16BrNO4. The van der Waals surface area contributed by atoms with Crippen molar-refractivity contribution in [3.05, 3.63) is 28.2 Å². The lowest BCUT2D eigenvalue weighted by molar-refractivity contribution is -0.137. The molecule has 1 aliphatic rings. The molecule has 1 aliphatic heterocycles. The highest BCUT2D eigenvalue weighted by molar-refractivity contribution is 9.10. The summed E-state index contributed by atoms with van der Waals surface area (Å²) in [5, 5.41) is 0. The van der Waals surface area contributed by atoms with E-state index < -0.39 is 0 Å². The Morgan fingerprint density at radius 2 is 2.05 bits per heavy atom. The summed E-state index contributed by atoms with van der Waals surface area (Å²) < 4.78 is 11.5. The average molecular weight is 342 g/mol. The minimum Gasteiger partial charge on any atom is -0.483 e. The molecule has 1 aromatic carbocycles. The third-order valence-electron chi connectivity index (χ3n) is 3.04. The summed E-state index contributed by atoms with van der Waals surface area (Å²) in [6.45, 7) is 3.69. The van der Waals surface area contributed by atoms with E-state index in [-0.39, 0.29) is 18.3 Å². The minimum atomic E-state index is -0.0971. The van der Waals surface area contributed by atoms with Crippen LogP contribution >= 0.6 is 15.9 Å². The van der Waals surface area contributed by atoms with E-state index in [4.69, 9.17) is 9.47 Å². The van der Waals surface area contributed by atoms with Crippen LogP contribution in [0.5, 0.6) is 5.75 Å². The number of halogens is 1. The van der Waals surface area contributed by atoms with Crippen LogP contribution in [0.15, 0.2) is 22.7 Å². The second kappa shape index (κ2) is 6.85. The first-order valence-corrected chi connectivity index (χ1v) is 7.16. The molecular weight excluding hydrogens is 326 g/mol. The highest BCUT2D eigenvalue weighted by Crippen LogP contribution is 2.23. The molecule has 0 bridgehead atoms. The number of Topliss-reactive ketones (excluding diaryl/α,β-unsaturated/α-hetero) is 1. The molecule has 1 amide bonds. The molecule has 0 spiro atoms. The molecule has 5 nitrogen and oxygen atoms in total. The van der Waals surface area contributed by atoms with Crippen LogP contribution < -0.4 is 4.74 Å². The van der Waals surface area contributed by atoms with Crippen LogP contribution in [-0.4, -0.2) is 49.5 Å². The van der Waals surface area contributed by atoms with E-state index in [0.29, 0.717) is 37.6 Å². The predicted octanol–water partition coefficient (Wildman–Crippen LogP) is 1.89. The lowest BCUT2D eigenvalue weighted by Gasteiger charge is -2.26. The number of nitrogens with zero attached hydrogens (tertiary/aromatic N) is 1. The maximum Gasteiger partial charge on any atom is 0.260 e. The van der Waals surface area contributed by atoms with E-state index >= 15 is 0 Å². The molecule has 0 N–H and O–H groups in total. The van der Waals surface area contributed by atoms with Crippen LogP contribution in [-0.2, 0) is 9.53 Å². The van der Waals surface area contributed by atoms with Gasteiger partial charge in [0.15, 0.2) is 12.4 Å². The third kappa shape index (κ3) is 3.80. The predicted molar refractivity (Wildman–Crippen MR) is 77.0 cm³/mol. The summed E-state index contributed by atoms with van der Waals surface area (Å²) in [5.41, 5.74) is 0.467. The summed E-state index contributed by atoms with van der Waals surface area (Å²) >= 11 is 3.31. The van der Waals surface area contributed by atoms with E-state index in [1.165, 1.54) is 6.92 Å². The molecule has 0 aromatic heterocycles. The Hall–Kier alpha value is -1.40. The second-order valence-electron chi connectivity index (χ2n) is 4.48. The summed E-state index contributed by atoms with van der Waals surface area (Å²) in [6.07, 6.45) is 0. The van der Waals surface area contributed by atoms with Gasteiger partial charge in [0, 0.05) is 17.6 Å². The van der Waals surface area contributed by atoms with Crippen molar-refractivity contribution < 1.29 is 19.1 Å². The van der Waals surface area contributed by atoms with Gasteiger partial charge in [-0.25, -0.2) is 0 Å². The molecule has 1 aromatic rings. The van der Waals surface area contributed by atoms with E-state index in [1.54, 1.807) is 23.1 Å². The molecule has 0 atom stereocenters. The number of rotatable bonds is 4. The molecule has 2 rings (SSSR count). The highest BCUT2D eigenvalue weighted by atomic mass is 79.9. The number of ketones is 1. The standard InChI is InChI=1S/C14H16BrNO4/c1-10(17)12-8-11(15)2-3-13(12)20-9-14(18)16-4-6-19-7-5-16/h2-3,8H,4-7,9H2,1H3. The number of amides is 1. The molecule has 0 saturated carbocycles. The largest absolute Gasteiger partial charge is 0.483 e. The lowest BCUT2D eigenvalue weighted by atomic mass is 10.1. The van der Waals surface area contributed by atoms with E-state index in [2.05, 4.69) is 15.9 Å². The minimum absolute atomic E-state index is 0.0675. The topological polar surface area (TPSA) is 55.8 Å². The third-order valence-corrected chi connectivity index (χ3v) is 3.53. The highest BCUT2D eigenvalue weighted by Gasteiger charge is 2.18. The SMILES string of the molecule is CC(=O)c1cc(Br)ccc1OCC(=O)N1CCOCC1. The fourth-order valence-corrected chi connectivity index (χ4v) is 2.31.